The summed E-state index contributed by atoms with van der Waals surface area (Å²) in [5, 5.41) is 20.1. The number of rotatable bonds is 5. The molecule has 4 N–H and O–H groups in total. The fraction of sp³-hybridized carbons (Fsp3) is 0.167. The maximum Gasteiger partial charge on any atom is 0.358 e. The number of nitrogens with two attached hydrogens (primary N) is 1. The van der Waals surface area contributed by atoms with Gasteiger partial charge in [0.2, 0.25) is 5.91 Å². The van der Waals surface area contributed by atoms with Crippen molar-refractivity contribution in [3.05, 3.63) is 30.0 Å². The summed E-state index contributed by atoms with van der Waals surface area (Å²) in [5.41, 5.74) is 5.79. The molecule has 2 aromatic rings. The van der Waals surface area contributed by atoms with Crippen LogP contribution in [0.15, 0.2) is 24.3 Å². The van der Waals surface area contributed by atoms with E-state index in [1.54, 1.807) is 24.3 Å². The smallest absolute Gasteiger partial charge is 0.358 e. The number of carboxylic acid groups (broad SMARTS) is 1. The molecule has 1 aromatic carbocycles. The van der Waals surface area contributed by atoms with E-state index in [0.29, 0.717) is 16.6 Å². The van der Waals surface area contributed by atoms with Crippen LogP contribution in [-0.4, -0.2) is 33.7 Å². The average Bonchev–Trinajstić information content (AvgIpc) is 2.38. The standard InChI is InChI=1S/C12H12N4O3/c13-9(17)5-6-14-10-7-3-1-2-4-8(7)15-16-11(10)12(18)19/h1-4H,5-6H2,(H2,13,17)(H,14,15)(H,18,19). The van der Waals surface area contributed by atoms with Crippen LogP contribution in [0.5, 0.6) is 0 Å². The number of aromatic carboxylic acids is 1. The molecule has 0 aliphatic heterocycles. The molecule has 0 fully saturated rings. The van der Waals surface area contributed by atoms with Crippen LogP contribution in [0, 0.1) is 0 Å². The molecule has 1 heterocycles. The number of nitrogens with one attached hydrogen (secondary N) is 1. The van der Waals surface area contributed by atoms with Crippen molar-refractivity contribution >= 4 is 28.5 Å². The Bertz CT molecular complexity index is 642. The second kappa shape index (κ2) is 5.30. The van der Waals surface area contributed by atoms with Crippen molar-refractivity contribution in [2.24, 2.45) is 5.73 Å². The molecule has 0 unspecified atom stereocenters. The van der Waals surface area contributed by atoms with Gasteiger partial charge in [-0.05, 0) is 6.07 Å². The van der Waals surface area contributed by atoms with Crippen LogP contribution in [0.3, 0.4) is 0 Å². The molecule has 7 nitrogen and oxygen atoms in total. The number of aromatic nitrogens is 2. The van der Waals surface area contributed by atoms with Gasteiger partial charge in [0.05, 0.1) is 11.2 Å². The lowest BCUT2D eigenvalue weighted by molar-refractivity contribution is -0.117. The van der Waals surface area contributed by atoms with E-state index >= 15 is 0 Å². The second-order valence-corrected chi connectivity index (χ2v) is 3.89. The number of primary amides is 1. The first-order valence-corrected chi connectivity index (χ1v) is 5.60. The number of carboxylic acids is 1. The van der Waals surface area contributed by atoms with E-state index in [2.05, 4.69) is 15.5 Å². The van der Waals surface area contributed by atoms with Crippen molar-refractivity contribution in [2.75, 3.05) is 11.9 Å². The number of hydrogen-bond donors (Lipinski definition) is 3. The third kappa shape index (κ3) is 2.76. The first kappa shape index (κ1) is 12.7. The normalized spacial score (nSPS) is 10.3. The van der Waals surface area contributed by atoms with Crippen LogP contribution in [0.2, 0.25) is 0 Å². The zero-order valence-electron chi connectivity index (χ0n) is 9.96. The average molecular weight is 260 g/mol. The van der Waals surface area contributed by atoms with Crippen molar-refractivity contribution in [2.45, 2.75) is 6.42 Å². The topological polar surface area (TPSA) is 118 Å². The largest absolute Gasteiger partial charge is 0.476 e. The van der Waals surface area contributed by atoms with Gasteiger partial charge >= 0.3 is 5.97 Å². The molecule has 0 bridgehead atoms. The Hall–Kier alpha value is -2.70. The van der Waals surface area contributed by atoms with E-state index in [-0.39, 0.29) is 18.7 Å². The summed E-state index contributed by atoms with van der Waals surface area (Å²) < 4.78 is 0. The summed E-state index contributed by atoms with van der Waals surface area (Å²) in [6.45, 7) is 0.241. The Morgan fingerprint density at radius 2 is 2.00 bits per heavy atom. The van der Waals surface area contributed by atoms with E-state index in [4.69, 9.17) is 10.8 Å². The lowest BCUT2D eigenvalue weighted by Crippen LogP contribution is -2.17. The van der Waals surface area contributed by atoms with Crippen molar-refractivity contribution < 1.29 is 14.7 Å². The van der Waals surface area contributed by atoms with Crippen LogP contribution in [0.1, 0.15) is 16.9 Å². The third-order valence-corrected chi connectivity index (χ3v) is 2.54. The highest BCUT2D eigenvalue weighted by atomic mass is 16.4. The molecule has 0 radical (unpaired) electrons. The number of benzene rings is 1. The summed E-state index contributed by atoms with van der Waals surface area (Å²) in [7, 11) is 0. The van der Waals surface area contributed by atoms with Crippen LogP contribution in [0.4, 0.5) is 5.69 Å². The Balaban J connectivity index is 2.43. The van der Waals surface area contributed by atoms with Gasteiger partial charge in [-0.25, -0.2) is 4.79 Å². The quantitative estimate of drug-likeness (QED) is 0.725. The molecule has 0 saturated carbocycles. The number of amides is 1. The summed E-state index contributed by atoms with van der Waals surface area (Å²) in [6, 6.07) is 7.02. The van der Waals surface area contributed by atoms with Gasteiger partial charge in [0.15, 0.2) is 5.69 Å². The van der Waals surface area contributed by atoms with Gasteiger partial charge in [0.1, 0.15) is 0 Å². The van der Waals surface area contributed by atoms with Gasteiger partial charge in [-0.15, -0.1) is 10.2 Å². The minimum absolute atomic E-state index is 0.107. The highest BCUT2D eigenvalue weighted by molar-refractivity contribution is 6.02. The number of carbonyl (C=O) groups is 2. The lowest BCUT2D eigenvalue weighted by Gasteiger charge is -2.10. The minimum atomic E-state index is -1.18. The first-order valence-electron chi connectivity index (χ1n) is 5.60. The van der Waals surface area contributed by atoms with Crippen LogP contribution in [-0.2, 0) is 4.79 Å². The van der Waals surface area contributed by atoms with Crippen LogP contribution in [0.25, 0.3) is 10.9 Å². The fourth-order valence-electron chi connectivity index (χ4n) is 1.69. The molecule has 7 heteroatoms. The molecule has 0 saturated heterocycles. The molecule has 98 valence electrons. The number of hydrogen-bond acceptors (Lipinski definition) is 5. The summed E-state index contributed by atoms with van der Waals surface area (Å²) in [4.78, 5) is 21.8. The molecule has 1 amide bonds. The van der Waals surface area contributed by atoms with Crippen molar-refractivity contribution in [3.8, 4) is 0 Å². The zero-order chi connectivity index (χ0) is 13.8. The van der Waals surface area contributed by atoms with E-state index in [1.807, 2.05) is 0 Å². The molecule has 2 rings (SSSR count). The molecule has 1 aromatic heterocycles. The maximum absolute atomic E-state index is 11.1. The predicted molar refractivity (Wildman–Crippen MR) is 68.8 cm³/mol. The second-order valence-electron chi connectivity index (χ2n) is 3.89. The van der Waals surface area contributed by atoms with Crippen molar-refractivity contribution in [3.63, 3.8) is 0 Å². The molecule has 0 atom stereocenters. The molecule has 0 aliphatic rings. The van der Waals surface area contributed by atoms with Crippen LogP contribution < -0.4 is 11.1 Å². The predicted octanol–water partition coefficient (Wildman–Crippen LogP) is 0.615. The Morgan fingerprint density at radius 3 is 2.68 bits per heavy atom. The third-order valence-electron chi connectivity index (χ3n) is 2.54. The Labute approximate surface area is 108 Å². The highest BCUT2D eigenvalue weighted by Gasteiger charge is 2.16. The molecule has 19 heavy (non-hydrogen) atoms. The van der Waals surface area contributed by atoms with E-state index < -0.39 is 11.9 Å². The number of fused-ring (bicyclic) bond motifs is 1. The number of carbonyl (C=O) groups excluding carboxylic acids is 1. The zero-order valence-corrected chi connectivity index (χ0v) is 9.96. The summed E-state index contributed by atoms with van der Waals surface area (Å²) in [5.74, 6) is -1.64. The van der Waals surface area contributed by atoms with Gasteiger partial charge < -0.3 is 16.2 Å². The Kier molecular flexibility index (Phi) is 3.56. The van der Waals surface area contributed by atoms with E-state index in [0.717, 1.165) is 0 Å². The lowest BCUT2D eigenvalue weighted by atomic mass is 10.1. The van der Waals surface area contributed by atoms with Gasteiger partial charge in [0, 0.05) is 18.4 Å². The minimum Gasteiger partial charge on any atom is -0.476 e. The van der Waals surface area contributed by atoms with Gasteiger partial charge in [-0.1, -0.05) is 18.2 Å². The van der Waals surface area contributed by atoms with Crippen molar-refractivity contribution in [1.29, 1.82) is 0 Å². The van der Waals surface area contributed by atoms with E-state index in [9.17, 15) is 9.59 Å². The maximum atomic E-state index is 11.1. The number of nitrogens with zero attached hydrogens (tertiary/aromatic N) is 2. The molecule has 0 spiro atoms. The SMILES string of the molecule is NC(=O)CCNc1c(C(=O)O)nnc2ccccc12. The Morgan fingerprint density at radius 1 is 1.26 bits per heavy atom. The van der Waals surface area contributed by atoms with Gasteiger partial charge in [0.25, 0.3) is 0 Å². The summed E-state index contributed by atoms with van der Waals surface area (Å²) >= 11 is 0. The molecule has 0 aliphatic carbocycles. The summed E-state index contributed by atoms with van der Waals surface area (Å²) in [6.07, 6.45) is 0.107. The van der Waals surface area contributed by atoms with Gasteiger partial charge in [-0.2, -0.15) is 0 Å². The molecular formula is C12H12N4O3. The number of anilines is 1. The van der Waals surface area contributed by atoms with Crippen molar-refractivity contribution in [1.82, 2.24) is 10.2 Å². The first-order chi connectivity index (χ1) is 9.09. The highest BCUT2D eigenvalue weighted by Crippen LogP contribution is 2.24. The monoisotopic (exact) mass is 260 g/mol. The van der Waals surface area contributed by atoms with Gasteiger partial charge in [-0.3, -0.25) is 4.79 Å². The van der Waals surface area contributed by atoms with E-state index in [1.165, 1.54) is 0 Å². The molecular weight excluding hydrogens is 248 g/mol. The van der Waals surface area contributed by atoms with Crippen LogP contribution >= 0.6 is 0 Å². The fourth-order valence-corrected chi connectivity index (χ4v) is 1.69.